The molecule has 2 aliphatic rings. The van der Waals surface area contributed by atoms with Crippen LogP contribution in [0.15, 0.2) is 12.1 Å². The summed E-state index contributed by atoms with van der Waals surface area (Å²) in [5, 5.41) is 0. The van der Waals surface area contributed by atoms with Gasteiger partial charge in [-0.2, -0.15) is 4.39 Å². The molecule has 1 atom stereocenters. The first-order valence-electron chi connectivity index (χ1n) is 7.87. The van der Waals surface area contributed by atoms with E-state index in [1.807, 2.05) is 0 Å². The summed E-state index contributed by atoms with van der Waals surface area (Å²) in [5.41, 5.74) is 0.804. The molecule has 1 aromatic carbocycles. The second kappa shape index (κ2) is 6.11. The predicted octanol–water partition coefficient (Wildman–Crippen LogP) is 5.02. The molecule has 3 rings (SSSR count). The maximum Gasteiger partial charge on any atom is 0.200 e. The quantitative estimate of drug-likeness (QED) is 0.755. The summed E-state index contributed by atoms with van der Waals surface area (Å²) in [6.45, 7) is 0. The Balaban J connectivity index is 1.59. The van der Waals surface area contributed by atoms with Gasteiger partial charge in [0.1, 0.15) is 0 Å². The molecule has 0 aromatic heterocycles. The van der Waals surface area contributed by atoms with Crippen molar-refractivity contribution in [2.24, 2.45) is 5.92 Å². The summed E-state index contributed by atoms with van der Waals surface area (Å²) < 4.78 is 32.7. The lowest BCUT2D eigenvalue weighted by Gasteiger charge is -2.28. The van der Waals surface area contributed by atoms with Gasteiger partial charge in [-0.1, -0.05) is 38.2 Å². The van der Waals surface area contributed by atoms with E-state index in [1.165, 1.54) is 38.2 Å². The highest BCUT2D eigenvalue weighted by atomic mass is 19.2. The van der Waals surface area contributed by atoms with Crippen molar-refractivity contribution in [1.82, 2.24) is 0 Å². The van der Waals surface area contributed by atoms with Gasteiger partial charge in [0, 0.05) is 0 Å². The monoisotopic (exact) mass is 280 g/mol. The van der Waals surface area contributed by atoms with Crippen molar-refractivity contribution < 1.29 is 13.5 Å². The van der Waals surface area contributed by atoms with E-state index in [1.54, 1.807) is 6.07 Å². The third-order valence-electron chi connectivity index (χ3n) is 4.77. The molecule has 110 valence electrons. The minimum Gasteiger partial charge on any atom is -0.487 e. The molecule has 1 aromatic rings. The lowest BCUT2D eigenvalue weighted by Crippen LogP contribution is -2.24. The van der Waals surface area contributed by atoms with Crippen LogP contribution in [0.3, 0.4) is 0 Å². The van der Waals surface area contributed by atoms with E-state index in [2.05, 4.69) is 0 Å². The van der Waals surface area contributed by atoms with Gasteiger partial charge in [0.25, 0.3) is 0 Å². The summed E-state index contributed by atoms with van der Waals surface area (Å²) in [7, 11) is 0. The molecular weight excluding hydrogens is 258 g/mol. The average Bonchev–Trinajstić information content (AvgIpc) is 2.50. The van der Waals surface area contributed by atoms with E-state index in [4.69, 9.17) is 4.74 Å². The molecule has 1 aliphatic heterocycles. The Labute approximate surface area is 119 Å². The van der Waals surface area contributed by atoms with Gasteiger partial charge in [0.15, 0.2) is 11.6 Å². The van der Waals surface area contributed by atoms with E-state index in [9.17, 15) is 8.78 Å². The molecule has 1 heterocycles. The lowest BCUT2D eigenvalue weighted by atomic mass is 9.85. The maximum absolute atomic E-state index is 13.8. The third kappa shape index (κ3) is 2.97. The zero-order valence-corrected chi connectivity index (χ0v) is 11.8. The molecule has 1 nitrogen and oxygen atoms in total. The normalized spacial score (nSPS) is 23.2. The second-order valence-electron chi connectivity index (χ2n) is 6.21. The summed E-state index contributed by atoms with van der Waals surface area (Å²) >= 11 is 0. The topological polar surface area (TPSA) is 9.23 Å². The van der Waals surface area contributed by atoms with Crippen LogP contribution < -0.4 is 4.74 Å². The summed E-state index contributed by atoms with van der Waals surface area (Å²) in [6, 6.07) is 2.84. The number of ether oxygens (including phenoxy) is 1. The molecule has 0 bridgehead atoms. The fraction of sp³-hybridized carbons (Fsp3) is 0.647. The highest BCUT2D eigenvalue weighted by molar-refractivity contribution is 5.37. The van der Waals surface area contributed by atoms with Crippen LogP contribution in [-0.2, 0) is 6.42 Å². The first-order valence-corrected chi connectivity index (χ1v) is 7.87. The van der Waals surface area contributed by atoms with Gasteiger partial charge in [-0.3, -0.25) is 0 Å². The van der Waals surface area contributed by atoms with Gasteiger partial charge in [0.2, 0.25) is 5.82 Å². The van der Waals surface area contributed by atoms with Crippen molar-refractivity contribution in [2.75, 3.05) is 0 Å². The van der Waals surface area contributed by atoms with Gasteiger partial charge in [-0.25, -0.2) is 4.39 Å². The number of benzene rings is 1. The first-order chi connectivity index (χ1) is 9.74. The summed E-state index contributed by atoms with van der Waals surface area (Å²) in [6.07, 6.45) is 10.6. The van der Waals surface area contributed by atoms with Crippen LogP contribution in [-0.4, -0.2) is 6.10 Å². The zero-order chi connectivity index (χ0) is 13.9. The largest absolute Gasteiger partial charge is 0.487 e. The Morgan fingerprint density at radius 3 is 2.60 bits per heavy atom. The van der Waals surface area contributed by atoms with Gasteiger partial charge in [-0.05, 0) is 43.2 Å². The Bertz CT molecular complexity index is 466. The number of hydrogen-bond acceptors (Lipinski definition) is 1. The predicted molar refractivity (Wildman–Crippen MR) is 74.9 cm³/mol. The molecule has 1 saturated carbocycles. The van der Waals surface area contributed by atoms with Crippen molar-refractivity contribution in [2.45, 2.75) is 63.9 Å². The molecule has 0 amide bonds. The van der Waals surface area contributed by atoms with Crippen molar-refractivity contribution in [1.29, 1.82) is 0 Å². The average molecular weight is 280 g/mol. The number of hydrogen-bond donors (Lipinski definition) is 0. The van der Waals surface area contributed by atoms with Crippen LogP contribution in [0, 0.1) is 17.6 Å². The van der Waals surface area contributed by atoms with E-state index in [0.717, 1.165) is 37.2 Å². The Hall–Kier alpha value is -1.12. The minimum absolute atomic E-state index is 0.0562. The first kappa shape index (κ1) is 13.8. The minimum atomic E-state index is -0.815. The molecule has 0 saturated heterocycles. The van der Waals surface area contributed by atoms with Crippen molar-refractivity contribution in [3.05, 3.63) is 29.3 Å². The summed E-state index contributed by atoms with van der Waals surface area (Å²) in [4.78, 5) is 0. The van der Waals surface area contributed by atoms with Crippen molar-refractivity contribution >= 4 is 0 Å². The fourth-order valence-corrected chi connectivity index (χ4v) is 3.54. The number of rotatable bonds is 3. The molecule has 0 radical (unpaired) electrons. The zero-order valence-electron chi connectivity index (χ0n) is 11.8. The van der Waals surface area contributed by atoms with Crippen LogP contribution in [0.2, 0.25) is 0 Å². The van der Waals surface area contributed by atoms with Crippen molar-refractivity contribution in [3.8, 4) is 5.75 Å². The second-order valence-corrected chi connectivity index (χ2v) is 6.21. The van der Waals surface area contributed by atoms with Crippen LogP contribution in [0.4, 0.5) is 8.78 Å². The smallest absolute Gasteiger partial charge is 0.200 e. The van der Waals surface area contributed by atoms with Crippen LogP contribution in [0.25, 0.3) is 0 Å². The van der Waals surface area contributed by atoms with E-state index < -0.39 is 11.6 Å². The maximum atomic E-state index is 13.8. The molecule has 0 spiro atoms. The van der Waals surface area contributed by atoms with Gasteiger partial charge in [0.05, 0.1) is 6.10 Å². The Morgan fingerprint density at radius 1 is 1.00 bits per heavy atom. The molecule has 20 heavy (non-hydrogen) atoms. The Morgan fingerprint density at radius 2 is 1.80 bits per heavy atom. The van der Waals surface area contributed by atoms with Crippen LogP contribution in [0.5, 0.6) is 5.75 Å². The Kier molecular flexibility index (Phi) is 4.23. The molecule has 1 unspecified atom stereocenters. The molecule has 3 heteroatoms. The van der Waals surface area contributed by atoms with E-state index >= 15 is 0 Å². The van der Waals surface area contributed by atoms with Gasteiger partial charge < -0.3 is 4.74 Å². The lowest BCUT2D eigenvalue weighted by molar-refractivity contribution is 0.141. The molecule has 1 aliphatic carbocycles. The standard InChI is InChI=1S/C17H22F2O/c18-15-11-8-13-7-10-14(20-17(13)16(15)19)9-6-12-4-2-1-3-5-12/h8,11-12,14H,1-7,9-10H2. The third-order valence-corrected chi connectivity index (χ3v) is 4.77. The van der Waals surface area contributed by atoms with Crippen LogP contribution >= 0.6 is 0 Å². The number of aryl methyl sites for hydroxylation is 1. The number of halogens is 2. The van der Waals surface area contributed by atoms with Crippen molar-refractivity contribution in [3.63, 3.8) is 0 Å². The molecule has 1 fully saturated rings. The van der Waals surface area contributed by atoms with Gasteiger partial charge in [-0.15, -0.1) is 0 Å². The highest BCUT2D eigenvalue weighted by Gasteiger charge is 2.25. The molecule has 0 N–H and O–H groups in total. The summed E-state index contributed by atoms with van der Waals surface area (Å²) in [5.74, 6) is -0.655. The highest BCUT2D eigenvalue weighted by Crippen LogP contribution is 2.34. The number of fused-ring (bicyclic) bond motifs is 1. The van der Waals surface area contributed by atoms with E-state index in [0.29, 0.717) is 0 Å². The van der Waals surface area contributed by atoms with Gasteiger partial charge >= 0.3 is 0 Å². The SMILES string of the molecule is Fc1ccc2c(c1F)OC(CCC1CCCCC1)CC2. The fourth-order valence-electron chi connectivity index (χ4n) is 3.54. The molecular formula is C17H22F2O. The van der Waals surface area contributed by atoms with E-state index in [-0.39, 0.29) is 11.9 Å². The van der Waals surface area contributed by atoms with Crippen LogP contribution in [0.1, 0.15) is 56.9 Å².